The van der Waals surface area contributed by atoms with Gasteiger partial charge in [-0.2, -0.15) is 0 Å². The quantitative estimate of drug-likeness (QED) is 0.877. The van der Waals surface area contributed by atoms with Crippen molar-refractivity contribution in [3.05, 3.63) is 33.3 Å². The van der Waals surface area contributed by atoms with Crippen LogP contribution in [0.3, 0.4) is 0 Å². The first-order valence-corrected chi connectivity index (χ1v) is 7.71. The number of carbonyl (C=O) groups excluding carboxylic acids is 1. The maximum Gasteiger partial charge on any atom is 0.323 e. The van der Waals surface area contributed by atoms with Crippen molar-refractivity contribution < 1.29 is 19.4 Å². The molecule has 0 aliphatic carbocycles. The monoisotopic (exact) mass is 375 g/mol. The molecule has 21 heavy (non-hydrogen) atoms. The summed E-state index contributed by atoms with van der Waals surface area (Å²) in [6, 6.07) is 4.81. The van der Waals surface area contributed by atoms with Gasteiger partial charge < -0.3 is 14.7 Å². The van der Waals surface area contributed by atoms with Crippen molar-refractivity contribution in [2.75, 3.05) is 19.8 Å². The number of carbonyl (C=O) groups is 2. The summed E-state index contributed by atoms with van der Waals surface area (Å²) in [5.74, 6) is -1.41. The molecule has 1 saturated heterocycles. The molecular formula is C14H15BrClNO4. The number of rotatable bonds is 4. The molecule has 1 aliphatic rings. The topological polar surface area (TPSA) is 66.8 Å². The summed E-state index contributed by atoms with van der Waals surface area (Å²) < 4.78 is 5.98. The van der Waals surface area contributed by atoms with Crippen LogP contribution in [0.1, 0.15) is 23.2 Å². The molecule has 0 atom stereocenters. The first-order valence-electron chi connectivity index (χ1n) is 6.54. The number of carboxylic acids is 1. The van der Waals surface area contributed by atoms with E-state index in [1.807, 2.05) is 0 Å². The van der Waals surface area contributed by atoms with Gasteiger partial charge in [0.15, 0.2) is 0 Å². The minimum absolute atomic E-state index is 0.141. The first-order chi connectivity index (χ1) is 9.99. The van der Waals surface area contributed by atoms with E-state index in [-0.39, 0.29) is 18.5 Å². The van der Waals surface area contributed by atoms with Gasteiger partial charge in [0.25, 0.3) is 5.91 Å². The molecule has 2 rings (SSSR count). The lowest BCUT2D eigenvalue weighted by atomic mass is 10.1. The zero-order chi connectivity index (χ0) is 15.4. The Bertz CT molecular complexity index is 546. The molecule has 1 aliphatic heterocycles. The van der Waals surface area contributed by atoms with Gasteiger partial charge in [-0.05, 0) is 31.0 Å². The number of hydrogen-bond acceptors (Lipinski definition) is 3. The van der Waals surface area contributed by atoms with Gasteiger partial charge in [-0.25, -0.2) is 0 Å². The third-order valence-corrected chi connectivity index (χ3v) is 4.18. The van der Waals surface area contributed by atoms with E-state index in [9.17, 15) is 9.59 Å². The fourth-order valence-electron chi connectivity index (χ4n) is 2.33. The molecule has 0 unspecified atom stereocenters. The van der Waals surface area contributed by atoms with Crippen LogP contribution < -0.4 is 0 Å². The minimum atomic E-state index is -1.04. The van der Waals surface area contributed by atoms with Crippen LogP contribution >= 0.6 is 27.5 Å². The van der Waals surface area contributed by atoms with Crippen LogP contribution in [0.4, 0.5) is 0 Å². The van der Waals surface area contributed by atoms with E-state index in [4.69, 9.17) is 21.4 Å². The van der Waals surface area contributed by atoms with Gasteiger partial charge in [-0.15, -0.1) is 0 Å². The fraction of sp³-hybridized carbons (Fsp3) is 0.429. The second-order valence-corrected chi connectivity index (χ2v) is 6.12. The second kappa shape index (κ2) is 7.24. The highest BCUT2D eigenvalue weighted by atomic mass is 79.9. The summed E-state index contributed by atoms with van der Waals surface area (Å²) in [5.41, 5.74) is 0.304. The lowest BCUT2D eigenvalue weighted by Crippen LogP contribution is -2.46. The molecule has 1 N–H and O–H groups in total. The smallest absolute Gasteiger partial charge is 0.323 e. The Hall–Kier alpha value is -1.11. The third kappa shape index (κ3) is 4.18. The molecule has 1 fully saturated rings. The van der Waals surface area contributed by atoms with Gasteiger partial charge in [-0.1, -0.05) is 27.5 Å². The van der Waals surface area contributed by atoms with Crippen molar-refractivity contribution in [1.82, 2.24) is 4.90 Å². The number of halogens is 2. The Morgan fingerprint density at radius 1 is 1.38 bits per heavy atom. The molecule has 7 heteroatoms. The zero-order valence-corrected chi connectivity index (χ0v) is 13.6. The molecule has 1 amide bonds. The summed E-state index contributed by atoms with van der Waals surface area (Å²) >= 11 is 9.37. The number of aliphatic carboxylic acids is 1. The average Bonchev–Trinajstić information content (AvgIpc) is 2.47. The van der Waals surface area contributed by atoms with Crippen molar-refractivity contribution in [3.8, 4) is 0 Å². The van der Waals surface area contributed by atoms with Gasteiger partial charge in [0.1, 0.15) is 6.54 Å². The van der Waals surface area contributed by atoms with Gasteiger partial charge in [-0.3, -0.25) is 9.59 Å². The van der Waals surface area contributed by atoms with E-state index in [1.165, 1.54) is 4.90 Å². The maximum atomic E-state index is 12.7. The van der Waals surface area contributed by atoms with E-state index in [1.54, 1.807) is 18.2 Å². The molecule has 0 radical (unpaired) electrons. The third-order valence-electron chi connectivity index (χ3n) is 3.36. The molecule has 114 valence electrons. The normalized spacial score (nSPS) is 15.7. The second-order valence-electron chi connectivity index (χ2n) is 4.79. The van der Waals surface area contributed by atoms with E-state index < -0.39 is 5.97 Å². The maximum absolute atomic E-state index is 12.7. The zero-order valence-electron chi connectivity index (χ0n) is 11.2. The van der Waals surface area contributed by atoms with Crippen LogP contribution in [0.25, 0.3) is 0 Å². The lowest BCUT2D eigenvalue weighted by Gasteiger charge is -2.33. The molecule has 0 bridgehead atoms. The van der Waals surface area contributed by atoms with E-state index in [0.717, 1.165) is 4.47 Å². The lowest BCUT2D eigenvalue weighted by molar-refractivity contribution is -0.138. The number of carboxylic acid groups (broad SMARTS) is 1. The van der Waals surface area contributed by atoms with Crippen LogP contribution in [0, 0.1) is 0 Å². The van der Waals surface area contributed by atoms with E-state index >= 15 is 0 Å². The van der Waals surface area contributed by atoms with E-state index in [0.29, 0.717) is 36.6 Å². The molecule has 0 aromatic heterocycles. The SMILES string of the molecule is O=C(O)CN(C(=O)c1cc(Br)ccc1Cl)C1CCOCC1. The molecule has 0 saturated carbocycles. The van der Waals surface area contributed by atoms with Gasteiger partial charge in [0.2, 0.25) is 0 Å². The standard InChI is InChI=1S/C14H15BrClNO4/c15-9-1-2-12(16)11(7-9)14(20)17(8-13(18)19)10-3-5-21-6-4-10/h1-2,7,10H,3-6,8H2,(H,18,19). The van der Waals surface area contributed by atoms with Crippen molar-refractivity contribution in [2.45, 2.75) is 18.9 Å². The van der Waals surface area contributed by atoms with Gasteiger partial charge in [0, 0.05) is 23.7 Å². The number of ether oxygens (including phenoxy) is 1. The van der Waals surface area contributed by atoms with Crippen molar-refractivity contribution in [1.29, 1.82) is 0 Å². The predicted molar refractivity (Wildman–Crippen MR) is 81.7 cm³/mol. The Kier molecular flexibility index (Phi) is 5.61. The van der Waals surface area contributed by atoms with Crippen LogP contribution in [0.2, 0.25) is 5.02 Å². The summed E-state index contributed by atoms with van der Waals surface area (Å²) in [5, 5.41) is 9.38. The minimum Gasteiger partial charge on any atom is -0.480 e. The highest BCUT2D eigenvalue weighted by molar-refractivity contribution is 9.10. The molecule has 0 spiro atoms. The highest BCUT2D eigenvalue weighted by Gasteiger charge is 2.29. The molecule has 5 nitrogen and oxygen atoms in total. The van der Waals surface area contributed by atoms with Crippen molar-refractivity contribution >= 4 is 39.4 Å². The predicted octanol–water partition coefficient (Wildman–Crippen LogP) is 2.81. The Labute approximate surface area is 136 Å². The van der Waals surface area contributed by atoms with Crippen molar-refractivity contribution in [2.24, 2.45) is 0 Å². The Balaban J connectivity index is 2.28. The summed E-state index contributed by atoms with van der Waals surface area (Å²) in [6.45, 7) is 0.715. The number of amides is 1. The van der Waals surface area contributed by atoms with Gasteiger partial charge in [0.05, 0.1) is 10.6 Å². The van der Waals surface area contributed by atoms with Crippen LogP contribution in [0.15, 0.2) is 22.7 Å². The largest absolute Gasteiger partial charge is 0.480 e. The fourth-order valence-corrected chi connectivity index (χ4v) is 2.88. The molecule has 1 heterocycles. The molecular weight excluding hydrogens is 362 g/mol. The number of benzene rings is 1. The average molecular weight is 377 g/mol. The molecule has 1 aromatic rings. The Morgan fingerprint density at radius 2 is 2.05 bits per heavy atom. The van der Waals surface area contributed by atoms with Gasteiger partial charge >= 0.3 is 5.97 Å². The first kappa shape index (κ1) is 16.3. The van der Waals surface area contributed by atoms with Crippen molar-refractivity contribution in [3.63, 3.8) is 0 Å². The van der Waals surface area contributed by atoms with Crippen LogP contribution in [0.5, 0.6) is 0 Å². The van der Waals surface area contributed by atoms with Crippen LogP contribution in [-0.4, -0.2) is 47.7 Å². The molecule has 1 aromatic carbocycles. The summed E-state index contributed by atoms with van der Waals surface area (Å²) in [6.07, 6.45) is 1.26. The summed E-state index contributed by atoms with van der Waals surface area (Å²) in [4.78, 5) is 25.1. The van der Waals surface area contributed by atoms with E-state index in [2.05, 4.69) is 15.9 Å². The number of nitrogens with zero attached hydrogens (tertiary/aromatic N) is 1. The Morgan fingerprint density at radius 3 is 2.67 bits per heavy atom. The summed E-state index contributed by atoms with van der Waals surface area (Å²) in [7, 11) is 0. The number of hydrogen-bond donors (Lipinski definition) is 1. The highest BCUT2D eigenvalue weighted by Crippen LogP contribution is 2.25. The van der Waals surface area contributed by atoms with Crippen LogP contribution in [-0.2, 0) is 9.53 Å².